The first-order valence-electron chi connectivity index (χ1n) is 15.1. The number of aliphatic hydroxyl groups excluding tert-OH is 1. The monoisotopic (exact) mass is 695 g/mol. The number of rotatable bonds is 8. The van der Waals surface area contributed by atoms with E-state index >= 15 is 0 Å². The molecule has 250 valence electrons. The van der Waals surface area contributed by atoms with Gasteiger partial charge in [0, 0.05) is 18.5 Å². The second-order valence-corrected chi connectivity index (χ2v) is 15.2. The minimum atomic E-state index is -4.53. The molecule has 48 heavy (non-hydrogen) atoms. The van der Waals surface area contributed by atoms with Crippen LogP contribution in [0.4, 0.5) is 20.6 Å². The molecule has 2 aliphatic heterocycles. The van der Waals surface area contributed by atoms with Crippen LogP contribution in [0.1, 0.15) is 30.4 Å². The number of ether oxygens (including phenoxy) is 1. The van der Waals surface area contributed by atoms with Gasteiger partial charge in [-0.15, -0.1) is 4.40 Å². The van der Waals surface area contributed by atoms with Crippen LogP contribution in [0.2, 0.25) is 0 Å². The fourth-order valence-electron chi connectivity index (χ4n) is 7.21. The number of aliphatic hydroxyl groups is 1. The fourth-order valence-corrected chi connectivity index (χ4v) is 9.12. The molecule has 3 aromatic rings. The number of halogens is 1. The molecule has 7 rings (SSSR count). The van der Waals surface area contributed by atoms with E-state index < -0.39 is 48.9 Å². The molecule has 0 unspecified atom stereocenters. The smallest absolute Gasteiger partial charge is 0.422 e. The topological polar surface area (TPSA) is 184 Å². The fraction of sp³-hybridized carbons (Fsp3) is 0.281. The first kappa shape index (κ1) is 31.6. The van der Waals surface area contributed by atoms with Crippen LogP contribution in [0.15, 0.2) is 93.4 Å². The van der Waals surface area contributed by atoms with Crippen molar-refractivity contribution in [1.82, 2.24) is 9.62 Å². The molecule has 2 saturated carbocycles. The van der Waals surface area contributed by atoms with Gasteiger partial charge in [0.1, 0.15) is 28.7 Å². The Kier molecular flexibility index (Phi) is 7.86. The van der Waals surface area contributed by atoms with Crippen molar-refractivity contribution < 1.29 is 40.7 Å². The van der Waals surface area contributed by atoms with Gasteiger partial charge in [0.15, 0.2) is 5.84 Å². The van der Waals surface area contributed by atoms with E-state index in [1.54, 1.807) is 52.1 Å². The van der Waals surface area contributed by atoms with Crippen molar-refractivity contribution >= 4 is 49.4 Å². The average Bonchev–Trinajstić information content (AvgIpc) is 3.66. The van der Waals surface area contributed by atoms with E-state index in [1.165, 1.54) is 24.3 Å². The Morgan fingerprint density at radius 1 is 1.04 bits per heavy atom. The summed E-state index contributed by atoms with van der Waals surface area (Å²) in [6.45, 7) is -0.0410. The van der Waals surface area contributed by atoms with Crippen LogP contribution < -0.4 is 14.8 Å². The van der Waals surface area contributed by atoms with Crippen molar-refractivity contribution in [3.05, 3.63) is 101 Å². The van der Waals surface area contributed by atoms with Crippen LogP contribution in [0.25, 0.3) is 0 Å². The molecular formula is C32H30FN5O8S2. The number of hydrogen-bond acceptors (Lipinski definition) is 9. The van der Waals surface area contributed by atoms with Gasteiger partial charge in [-0.2, -0.15) is 16.8 Å². The lowest BCUT2D eigenvalue weighted by Gasteiger charge is -2.44. The number of anilines is 2. The number of benzene rings is 3. The molecule has 13 nitrogen and oxygen atoms in total. The number of hydrogen-bond donors (Lipinski definition) is 4. The van der Waals surface area contributed by atoms with E-state index in [1.807, 2.05) is 0 Å². The van der Waals surface area contributed by atoms with E-state index in [4.69, 9.17) is 4.74 Å². The van der Waals surface area contributed by atoms with Crippen molar-refractivity contribution in [1.29, 1.82) is 0 Å². The van der Waals surface area contributed by atoms with Crippen LogP contribution in [-0.4, -0.2) is 50.7 Å². The Morgan fingerprint density at radius 3 is 2.52 bits per heavy atom. The molecule has 4 aliphatic rings. The van der Waals surface area contributed by atoms with Gasteiger partial charge in [-0.25, -0.2) is 13.9 Å². The molecule has 0 aromatic heterocycles. The zero-order valence-electron chi connectivity index (χ0n) is 25.2. The minimum Gasteiger partial charge on any atom is -0.511 e. The summed E-state index contributed by atoms with van der Waals surface area (Å²) in [4.78, 5) is 27.4. The molecule has 3 aromatic carbocycles. The number of amidine groups is 1. The highest BCUT2D eigenvalue weighted by atomic mass is 32.2. The first-order valence-corrected chi connectivity index (χ1v) is 18.1. The van der Waals surface area contributed by atoms with Crippen LogP contribution in [0, 0.1) is 23.6 Å². The predicted molar refractivity (Wildman–Crippen MR) is 172 cm³/mol. The Balaban J connectivity index is 1.12. The standard InChI is InChI=1S/C32H30FN5O8S2/c33-22-10-6-18(7-11-22)16-38-28-21-9-8-20(14-21)26(28)29(39)27(31(38)40)30-34-24-13-12-23(15-25(24)47(42,43)36-30)35-48(44,45)37-32(41)46-17-19-4-2-1-3-5-19/h1-7,10-13,15,20-21,26,28,35,39H,8-9,14,16-17H2,(H,34,36)(H,37,41)/t20-,21+,26+,28-/m0/s1. The predicted octanol–water partition coefficient (Wildman–Crippen LogP) is 4.19. The third-order valence-corrected chi connectivity index (χ3v) is 11.4. The Labute approximate surface area is 275 Å². The molecule has 2 aliphatic carbocycles. The Bertz CT molecular complexity index is 2090. The van der Waals surface area contributed by atoms with E-state index in [9.17, 15) is 35.9 Å². The number of carbonyl (C=O) groups is 2. The summed E-state index contributed by atoms with van der Waals surface area (Å²) in [6, 6.07) is 17.6. The maximum Gasteiger partial charge on any atom is 0.422 e. The number of carbonyl (C=O) groups excluding carboxylic acids is 2. The van der Waals surface area contributed by atoms with Crippen molar-refractivity contribution in [2.24, 2.45) is 22.2 Å². The summed E-state index contributed by atoms with van der Waals surface area (Å²) in [5.41, 5.74) is 0.847. The number of nitrogens with zero attached hydrogens (tertiary/aromatic N) is 2. The number of fused-ring (bicyclic) bond motifs is 6. The minimum absolute atomic E-state index is 0.00794. The van der Waals surface area contributed by atoms with Crippen molar-refractivity contribution in [3.8, 4) is 0 Å². The van der Waals surface area contributed by atoms with Gasteiger partial charge in [0.25, 0.3) is 15.9 Å². The number of nitrogens with one attached hydrogen (secondary N) is 3. The van der Waals surface area contributed by atoms with Gasteiger partial charge < -0.3 is 20.1 Å². The maximum atomic E-state index is 14.1. The van der Waals surface area contributed by atoms with Crippen molar-refractivity contribution in [2.45, 2.75) is 43.4 Å². The van der Waals surface area contributed by atoms with E-state index in [-0.39, 0.29) is 59.6 Å². The quantitative estimate of drug-likeness (QED) is 0.268. The summed E-state index contributed by atoms with van der Waals surface area (Å²) in [7, 11) is -9.05. The lowest BCUT2D eigenvalue weighted by atomic mass is 9.77. The van der Waals surface area contributed by atoms with Gasteiger partial charge in [-0.1, -0.05) is 42.5 Å². The molecule has 2 amide bonds. The highest BCUT2D eigenvalue weighted by Crippen LogP contribution is 2.55. The van der Waals surface area contributed by atoms with Crippen molar-refractivity contribution in [3.63, 3.8) is 0 Å². The van der Waals surface area contributed by atoms with Crippen LogP contribution >= 0.6 is 0 Å². The van der Waals surface area contributed by atoms with Crippen molar-refractivity contribution in [2.75, 3.05) is 10.0 Å². The van der Waals surface area contributed by atoms with Crippen LogP contribution in [-0.2, 0) is 42.9 Å². The summed E-state index contributed by atoms with van der Waals surface area (Å²) in [5, 5.41) is 14.4. The lowest BCUT2D eigenvalue weighted by molar-refractivity contribution is -0.134. The molecule has 0 spiro atoms. The molecular weight excluding hydrogens is 666 g/mol. The summed E-state index contributed by atoms with van der Waals surface area (Å²) in [6.07, 6.45) is 1.34. The highest BCUT2D eigenvalue weighted by molar-refractivity contribution is 7.91. The second-order valence-electron chi connectivity index (χ2n) is 12.2. The third-order valence-electron chi connectivity index (χ3n) is 9.19. The van der Waals surface area contributed by atoms with Gasteiger partial charge in [-0.3, -0.25) is 9.52 Å². The third kappa shape index (κ3) is 5.96. The molecule has 2 bridgehead atoms. The zero-order chi connectivity index (χ0) is 33.8. The number of sulfonamides is 1. The van der Waals surface area contributed by atoms with E-state index in [0.29, 0.717) is 11.1 Å². The second kappa shape index (κ2) is 11.9. The van der Waals surface area contributed by atoms with E-state index in [0.717, 1.165) is 25.3 Å². The summed E-state index contributed by atoms with van der Waals surface area (Å²) >= 11 is 0. The normalized spacial score (nSPS) is 23.9. The van der Waals surface area contributed by atoms with Crippen LogP contribution in [0.5, 0.6) is 0 Å². The molecule has 4 atom stereocenters. The maximum absolute atomic E-state index is 14.1. The van der Waals surface area contributed by atoms with Gasteiger partial charge in [0.05, 0.1) is 11.4 Å². The lowest BCUT2D eigenvalue weighted by Crippen LogP contribution is -2.53. The van der Waals surface area contributed by atoms with Gasteiger partial charge >= 0.3 is 16.3 Å². The molecule has 0 radical (unpaired) electrons. The van der Waals surface area contributed by atoms with E-state index in [2.05, 4.69) is 14.4 Å². The van der Waals surface area contributed by atoms with Crippen LogP contribution in [0.3, 0.4) is 0 Å². The summed E-state index contributed by atoms with van der Waals surface area (Å²) < 4.78 is 78.3. The average molecular weight is 696 g/mol. The Hall–Kier alpha value is -4.96. The molecule has 16 heteroatoms. The SMILES string of the molecule is O=C(NS(=O)(=O)Nc1ccc2c(c1)S(=O)(=O)N=C(C1=C(O)[C@@H]3[C@H]4CC[C@H](C4)[C@@H]3N(Cc3ccc(F)cc3)C1=O)N2)OCc1ccccc1. The first-order chi connectivity index (χ1) is 22.9. The molecule has 0 saturated heterocycles. The Morgan fingerprint density at radius 2 is 1.77 bits per heavy atom. The zero-order valence-corrected chi connectivity index (χ0v) is 26.8. The van der Waals surface area contributed by atoms with Gasteiger partial charge in [0.2, 0.25) is 0 Å². The molecule has 2 fully saturated rings. The molecule has 2 heterocycles. The summed E-state index contributed by atoms with van der Waals surface area (Å²) in [5.74, 6) is -1.73. The highest BCUT2D eigenvalue weighted by Gasteiger charge is 2.57. The molecule has 4 N–H and O–H groups in total. The largest absolute Gasteiger partial charge is 0.511 e. The number of amides is 2. The van der Waals surface area contributed by atoms with Gasteiger partial charge in [-0.05, 0) is 72.6 Å².